The molecule has 2 amide bonds. The highest BCUT2D eigenvalue weighted by molar-refractivity contribution is 5.73. The van der Waals surface area contributed by atoms with E-state index in [2.05, 4.69) is 10.6 Å². The van der Waals surface area contributed by atoms with Gasteiger partial charge in [-0.25, -0.2) is 9.18 Å². The Balaban J connectivity index is 1.75. The molecule has 0 bridgehead atoms. The van der Waals surface area contributed by atoms with E-state index < -0.39 is 5.60 Å². The standard InChI is InChI=1S/C17H21FN2O3/c1-12-10-14(18)6-5-13(12)7-8-19-16(21)20-11-17(2,22)15-4-3-9-23-15/h3-6,9-10,22H,7-8,11H2,1-2H3,(H2,19,20,21). The van der Waals surface area contributed by atoms with E-state index >= 15 is 0 Å². The van der Waals surface area contributed by atoms with Crippen LogP contribution in [-0.2, 0) is 12.0 Å². The van der Waals surface area contributed by atoms with E-state index in [0.717, 1.165) is 11.1 Å². The molecule has 0 aliphatic rings. The zero-order chi connectivity index (χ0) is 16.9. The lowest BCUT2D eigenvalue weighted by molar-refractivity contribution is 0.0367. The Morgan fingerprint density at radius 2 is 2.13 bits per heavy atom. The molecular weight excluding hydrogens is 299 g/mol. The van der Waals surface area contributed by atoms with Crippen LogP contribution in [0.5, 0.6) is 0 Å². The summed E-state index contributed by atoms with van der Waals surface area (Å²) in [5.41, 5.74) is 0.566. The molecule has 0 spiro atoms. The zero-order valence-electron chi connectivity index (χ0n) is 13.2. The van der Waals surface area contributed by atoms with Gasteiger partial charge in [-0.15, -0.1) is 0 Å². The Bertz CT molecular complexity index is 654. The quantitative estimate of drug-likeness (QED) is 0.765. The number of halogens is 1. The summed E-state index contributed by atoms with van der Waals surface area (Å²) in [5.74, 6) is 0.122. The number of carbonyl (C=O) groups excluding carboxylic acids is 1. The fraction of sp³-hybridized carbons (Fsp3) is 0.353. The van der Waals surface area contributed by atoms with Gasteiger partial charge >= 0.3 is 6.03 Å². The summed E-state index contributed by atoms with van der Waals surface area (Å²) in [6, 6.07) is 7.54. The first-order valence-corrected chi connectivity index (χ1v) is 7.41. The van der Waals surface area contributed by atoms with E-state index in [1.807, 2.05) is 6.92 Å². The maximum absolute atomic E-state index is 13.0. The molecule has 1 atom stereocenters. The van der Waals surface area contributed by atoms with E-state index in [1.54, 1.807) is 25.1 Å². The van der Waals surface area contributed by atoms with Gasteiger partial charge in [0.25, 0.3) is 0 Å². The Morgan fingerprint density at radius 1 is 1.35 bits per heavy atom. The number of furan rings is 1. The van der Waals surface area contributed by atoms with Crippen molar-refractivity contribution in [2.75, 3.05) is 13.1 Å². The number of amides is 2. The maximum Gasteiger partial charge on any atom is 0.314 e. The first kappa shape index (κ1) is 17.0. The van der Waals surface area contributed by atoms with Gasteiger partial charge in [0.1, 0.15) is 17.2 Å². The van der Waals surface area contributed by atoms with Gasteiger partial charge in [0.15, 0.2) is 0 Å². The van der Waals surface area contributed by atoms with Gasteiger partial charge in [0, 0.05) is 6.54 Å². The molecule has 124 valence electrons. The molecule has 2 aromatic rings. The second-order valence-electron chi connectivity index (χ2n) is 5.68. The number of benzene rings is 1. The van der Waals surface area contributed by atoms with Crippen LogP contribution in [0, 0.1) is 12.7 Å². The molecule has 0 fully saturated rings. The summed E-state index contributed by atoms with van der Waals surface area (Å²) in [6.45, 7) is 3.84. The second-order valence-corrected chi connectivity index (χ2v) is 5.68. The summed E-state index contributed by atoms with van der Waals surface area (Å²) in [5, 5.41) is 15.5. The number of hydrogen-bond donors (Lipinski definition) is 3. The predicted octanol–water partition coefficient (Wildman–Crippen LogP) is 2.48. The van der Waals surface area contributed by atoms with Crippen LogP contribution in [0.2, 0.25) is 0 Å². The molecule has 3 N–H and O–H groups in total. The Morgan fingerprint density at radius 3 is 2.78 bits per heavy atom. The fourth-order valence-corrected chi connectivity index (χ4v) is 2.24. The minimum absolute atomic E-state index is 0.0297. The lowest BCUT2D eigenvalue weighted by Gasteiger charge is -2.21. The molecule has 1 unspecified atom stereocenters. The molecule has 1 aromatic carbocycles. The molecule has 0 aliphatic heterocycles. The Labute approximate surface area is 134 Å². The van der Waals surface area contributed by atoms with Crippen molar-refractivity contribution in [1.29, 1.82) is 0 Å². The molecule has 2 rings (SSSR count). The highest BCUT2D eigenvalue weighted by Gasteiger charge is 2.26. The van der Waals surface area contributed by atoms with Crippen LogP contribution in [0.4, 0.5) is 9.18 Å². The molecular formula is C17H21FN2O3. The van der Waals surface area contributed by atoms with Crippen LogP contribution in [-0.4, -0.2) is 24.2 Å². The molecule has 0 saturated carbocycles. The fourth-order valence-electron chi connectivity index (χ4n) is 2.24. The van der Waals surface area contributed by atoms with E-state index in [4.69, 9.17) is 4.42 Å². The highest BCUT2D eigenvalue weighted by Crippen LogP contribution is 2.19. The number of carbonyl (C=O) groups is 1. The van der Waals surface area contributed by atoms with E-state index in [0.29, 0.717) is 18.7 Å². The third-order valence-electron chi connectivity index (χ3n) is 3.63. The van der Waals surface area contributed by atoms with Crippen molar-refractivity contribution < 1.29 is 18.7 Å². The molecule has 6 heteroatoms. The summed E-state index contributed by atoms with van der Waals surface area (Å²) in [6.07, 6.45) is 2.07. The lowest BCUT2D eigenvalue weighted by atomic mass is 10.0. The number of rotatable bonds is 6. The third kappa shape index (κ3) is 4.82. The van der Waals surface area contributed by atoms with Crippen molar-refractivity contribution in [3.05, 3.63) is 59.3 Å². The molecule has 0 saturated heterocycles. The first-order chi connectivity index (χ1) is 10.9. The van der Waals surface area contributed by atoms with Gasteiger partial charge in [0.2, 0.25) is 0 Å². The largest absolute Gasteiger partial charge is 0.466 e. The summed E-state index contributed by atoms with van der Waals surface area (Å²) < 4.78 is 18.2. The van der Waals surface area contributed by atoms with Crippen molar-refractivity contribution in [1.82, 2.24) is 10.6 Å². The summed E-state index contributed by atoms with van der Waals surface area (Å²) in [7, 11) is 0. The van der Waals surface area contributed by atoms with Gasteiger partial charge < -0.3 is 20.2 Å². The number of aryl methyl sites for hydroxylation is 1. The van der Waals surface area contributed by atoms with Crippen LogP contribution < -0.4 is 10.6 Å². The molecule has 1 heterocycles. The van der Waals surface area contributed by atoms with Gasteiger partial charge in [-0.2, -0.15) is 0 Å². The zero-order valence-corrected chi connectivity index (χ0v) is 13.2. The monoisotopic (exact) mass is 320 g/mol. The number of urea groups is 1. The van der Waals surface area contributed by atoms with Crippen molar-refractivity contribution >= 4 is 6.03 Å². The average Bonchev–Trinajstić information content (AvgIpc) is 3.03. The van der Waals surface area contributed by atoms with Crippen LogP contribution in [0.1, 0.15) is 23.8 Å². The Hall–Kier alpha value is -2.34. The van der Waals surface area contributed by atoms with Crippen molar-refractivity contribution in [3.8, 4) is 0 Å². The number of hydrogen-bond acceptors (Lipinski definition) is 3. The normalized spacial score (nSPS) is 13.4. The number of nitrogens with one attached hydrogen (secondary N) is 2. The highest BCUT2D eigenvalue weighted by atomic mass is 19.1. The molecule has 0 aliphatic carbocycles. The minimum Gasteiger partial charge on any atom is -0.466 e. The third-order valence-corrected chi connectivity index (χ3v) is 3.63. The maximum atomic E-state index is 13.0. The van der Waals surface area contributed by atoms with Gasteiger partial charge in [-0.05, 0) is 55.7 Å². The van der Waals surface area contributed by atoms with Crippen LogP contribution in [0.15, 0.2) is 41.0 Å². The summed E-state index contributed by atoms with van der Waals surface area (Å²) >= 11 is 0. The van der Waals surface area contributed by atoms with E-state index in [-0.39, 0.29) is 18.4 Å². The van der Waals surface area contributed by atoms with Crippen LogP contribution in [0.3, 0.4) is 0 Å². The first-order valence-electron chi connectivity index (χ1n) is 7.41. The van der Waals surface area contributed by atoms with Gasteiger partial charge in [0.05, 0.1) is 12.8 Å². The molecule has 1 aromatic heterocycles. The SMILES string of the molecule is Cc1cc(F)ccc1CCNC(=O)NCC(C)(O)c1ccco1. The van der Waals surface area contributed by atoms with Crippen molar-refractivity contribution in [2.45, 2.75) is 25.9 Å². The van der Waals surface area contributed by atoms with Crippen LogP contribution >= 0.6 is 0 Å². The minimum atomic E-state index is -1.27. The Kier molecular flexibility index (Phi) is 5.39. The van der Waals surface area contributed by atoms with Gasteiger partial charge in [-0.1, -0.05) is 6.07 Å². The predicted molar refractivity (Wildman–Crippen MR) is 84.5 cm³/mol. The van der Waals surface area contributed by atoms with Crippen LogP contribution in [0.25, 0.3) is 0 Å². The smallest absolute Gasteiger partial charge is 0.314 e. The average molecular weight is 320 g/mol. The number of aliphatic hydroxyl groups is 1. The lowest BCUT2D eigenvalue weighted by Crippen LogP contribution is -2.43. The topological polar surface area (TPSA) is 74.5 Å². The van der Waals surface area contributed by atoms with Crippen molar-refractivity contribution in [3.63, 3.8) is 0 Å². The molecule has 23 heavy (non-hydrogen) atoms. The van der Waals surface area contributed by atoms with E-state index in [1.165, 1.54) is 18.4 Å². The summed E-state index contributed by atoms with van der Waals surface area (Å²) in [4.78, 5) is 11.8. The van der Waals surface area contributed by atoms with Gasteiger partial charge in [-0.3, -0.25) is 0 Å². The molecule has 5 nitrogen and oxygen atoms in total. The molecule has 0 radical (unpaired) electrons. The second kappa shape index (κ2) is 7.28. The van der Waals surface area contributed by atoms with Crippen molar-refractivity contribution in [2.24, 2.45) is 0 Å². The van der Waals surface area contributed by atoms with E-state index in [9.17, 15) is 14.3 Å².